The molecule has 0 spiro atoms. The van der Waals surface area contributed by atoms with Gasteiger partial charge in [-0.1, -0.05) is 72.8 Å². The molecule has 0 aliphatic carbocycles. The van der Waals surface area contributed by atoms with Crippen molar-refractivity contribution in [2.24, 2.45) is 11.8 Å². The van der Waals surface area contributed by atoms with Gasteiger partial charge in [0.15, 0.2) is 0 Å². The van der Waals surface area contributed by atoms with E-state index in [-0.39, 0.29) is 50.1 Å². The summed E-state index contributed by atoms with van der Waals surface area (Å²) < 4.78 is 11.6. The van der Waals surface area contributed by atoms with Crippen LogP contribution in [0.15, 0.2) is 86.0 Å². The number of benzene rings is 2. The molecule has 0 radical (unpaired) electrons. The van der Waals surface area contributed by atoms with Crippen molar-refractivity contribution < 1.29 is 29.0 Å². The van der Waals surface area contributed by atoms with Crippen LogP contribution in [0.5, 0.6) is 0 Å². The molecule has 2 N–H and O–H groups in total. The monoisotopic (exact) mass is 576 g/mol. The van der Waals surface area contributed by atoms with Gasteiger partial charge < -0.3 is 24.8 Å². The summed E-state index contributed by atoms with van der Waals surface area (Å²) in [5.74, 6) is -1.92. The smallest absolute Gasteiger partial charge is 0.309 e. The van der Waals surface area contributed by atoms with Gasteiger partial charge in [0, 0.05) is 13.0 Å². The van der Waals surface area contributed by atoms with Crippen LogP contribution in [0, 0.1) is 11.8 Å². The van der Waals surface area contributed by atoms with Crippen molar-refractivity contribution in [3.63, 3.8) is 0 Å². The van der Waals surface area contributed by atoms with Crippen molar-refractivity contribution in [1.82, 2.24) is 10.2 Å². The number of aliphatic hydroxyl groups is 1. The topological polar surface area (TPSA) is 105 Å². The number of rotatable bonds is 18. The number of nitrogens with zero attached hydrogens (tertiary/aromatic N) is 1. The highest BCUT2D eigenvalue weighted by Crippen LogP contribution is 2.21. The Morgan fingerprint density at radius 1 is 0.952 bits per heavy atom. The fourth-order valence-corrected chi connectivity index (χ4v) is 5.17. The summed E-state index contributed by atoms with van der Waals surface area (Å²) in [7, 11) is 0. The summed E-state index contributed by atoms with van der Waals surface area (Å²) in [6.45, 7) is 8.42. The normalized spacial score (nSPS) is 16.7. The summed E-state index contributed by atoms with van der Waals surface area (Å²) in [5, 5.41) is 12.6. The number of allylic oxidation sites excluding steroid dienone is 2. The van der Waals surface area contributed by atoms with Gasteiger partial charge in [0.05, 0.1) is 43.7 Å². The lowest BCUT2D eigenvalue weighted by Crippen LogP contribution is -2.46. The zero-order valence-electron chi connectivity index (χ0n) is 24.4. The Morgan fingerprint density at radius 3 is 2.24 bits per heavy atom. The minimum absolute atomic E-state index is 0.00418. The van der Waals surface area contributed by atoms with Crippen LogP contribution in [0.3, 0.4) is 0 Å². The van der Waals surface area contributed by atoms with E-state index in [2.05, 4.69) is 18.5 Å². The zero-order chi connectivity index (χ0) is 30.2. The summed E-state index contributed by atoms with van der Waals surface area (Å²) in [6.07, 6.45) is 6.20. The van der Waals surface area contributed by atoms with E-state index >= 15 is 0 Å². The maximum Gasteiger partial charge on any atom is 0.309 e. The van der Waals surface area contributed by atoms with Crippen LogP contribution in [0.25, 0.3) is 0 Å². The summed E-state index contributed by atoms with van der Waals surface area (Å²) >= 11 is 0. The molecule has 1 aliphatic heterocycles. The molecular formula is C34H44N2O6. The van der Waals surface area contributed by atoms with Gasteiger partial charge in [-0.05, 0) is 43.2 Å². The Bertz CT molecular complexity index is 1140. The van der Waals surface area contributed by atoms with E-state index in [0.29, 0.717) is 32.4 Å². The summed E-state index contributed by atoms with van der Waals surface area (Å²) in [5.41, 5.74) is 2.00. The predicted octanol–water partition coefficient (Wildman–Crippen LogP) is 4.23. The number of likely N-dealkylation sites (tertiary alicyclic amines) is 1. The summed E-state index contributed by atoms with van der Waals surface area (Å²) in [6, 6.07) is 18.6. The molecule has 226 valence electrons. The quantitative estimate of drug-likeness (QED) is 0.203. The Labute approximate surface area is 249 Å². The van der Waals surface area contributed by atoms with Gasteiger partial charge in [-0.2, -0.15) is 0 Å². The van der Waals surface area contributed by atoms with Crippen molar-refractivity contribution in [3.8, 4) is 0 Å². The summed E-state index contributed by atoms with van der Waals surface area (Å²) in [4.78, 5) is 41.2. The van der Waals surface area contributed by atoms with Crippen LogP contribution in [-0.4, -0.2) is 66.2 Å². The van der Waals surface area contributed by atoms with E-state index in [1.807, 2.05) is 60.7 Å². The fourth-order valence-electron chi connectivity index (χ4n) is 5.17. The van der Waals surface area contributed by atoms with E-state index in [1.165, 1.54) is 0 Å². The highest BCUT2D eigenvalue weighted by atomic mass is 16.5. The first-order valence-corrected chi connectivity index (χ1v) is 14.7. The van der Waals surface area contributed by atoms with Gasteiger partial charge in [-0.3, -0.25) is 14.4 Å². The molecule has 4 unspecified atom stereocenters. The van der Waals surface area contributed by atoms with Crippen LogP contribution in [0.2, 0.25) is 0 Å². The first-order valence-electron chi connectivity index (χ1n) is 14.7. The SMILES string of the molecule is C=CCC(CC(=O)N1CCCC1CO)C(=O)NC(COCc1ccccc1)COC(=O)C(CC=C)Cc1ccccc1. The number of amides is 2. The highest BCUT2D eigenvalue weighted by Gasteiger charge is 2.32. The van der Waals surface area contributed by atoms with Crippen LogP contribution in [-0.2, 0) is 36.9 Å². The predicted molar refractivity (Wildman–Crippen MR) is 162 cm³/mol. The third-order valence-electron chi connectivity index (χ3n) is 7.46. The minimum atomic E-state index is -0.645. The first-order chi connectivity index (χ1) is 20.4. The molecule has 0 saturated carbocycles. The second-order valence-electron chi connectivity index (χ2n) is 10.7. The molecule has 4 atom stereocenters. The number of carbonyl (C=O) groups excluding carboxylic acids is 3. The first kappa shape index (κ1) is 32.8. The van der Waals surface area contributed by atoms with Gasteiger partial charge >= 0.3 is 5.97 Å². The maximum atomic E-state index is 13.4. The second kappa shape index (κ2) is 17.9. The highest BCUT2D eigenvalue weighted by molar-refractivity contribution is 5.86. The fraction of sp³-hybridized carbons (Fsp3) is 0.441. The third-order valence-corrected chi connectivity index (χ3v) is 7.46. The number of esters is 1. The number of ether oxygens (including phenoxy) is 2. The lowest BCUT2D eigenvalue weighted by Gasteiger charge is -2.26. The van der Waals surface area contributed by atoms with E-state index in [4.69, 9.17) is 9.47 Å². The van der Waals surface area contributed by atoms with Crippen molar-refractivity contribution in [2.45, 2.75) is 57.2 Å². The average Bonchev–Trinajstić information content (AvgIpc) is 3.49. The molecule has 1 heterocycles. The Morgan fingerprint density at radius 2 is 1.60 bits per heavy atom. The number of carbonyl (C=O) groups is 3. The second-order valence-corrected chi connectivity index (χ2v) is 10.7. The molecule has 0 aromatic heterocycles. The van der Waals surface area contributed by atoms with Gasteiger partial charge in [0.25, 0.3) is 0 Å². The van der Waals surface area contributed by atoms with E-state index in [1.54, 1.807) is 17.1 Å². The van der Waals surface area contributed by atoms with Crippen molar-refractivity contribution in [3.05, 3.63) is 97.1 Å². The van der Waals surface area contributed by atoms with Crippen molar-refractivity contribution in [1.29, 1.82) is 0 Å². The number of hydrogen-bond donors (Lipinski definition) is 2. The van der Waals surface area contributed by atoms with Crippen molar-refractivity contribution in [2.75, 3.05) is 26.4 Å². The number of hydrogen-bond acceptors (Lipinski definition) is 6. The van der Waals surface area contributed by atoms with Crippen molar-refractivity contribution >= 4 is 17.8 Å². The van der Waals surface area contributed by atoms with Crippen LogP contribution in [0.1, 0.15) is 43.2 Å². The van der Waals surface area contributed by atoms with Gasteiger partial charge in [-0.15, -0.1) is 13.2 Å². The molecule has 2 amide bonds. The van der Waals surface area contributed by atoms with Crippen LogP contribution < -0.4 is 5.32 Å². The largest absolute Gasteiger partial charge is 0.463 e. The molecule has 42 heavy (non-hydrogen) atoms. The molecule has 8 heteroatoms. The number of nitrogens with one attached hydrogen (secondary N) is 1. The van der Waals surface area contributed by atoms with E-state index in [0.717, 1.165) is 24.0 Å². The van der Waals surface area contributed by atoms with Crippen LogP contribution in [0.4, 0.5) is 0 Å². The Kier molecular flexibility index (Phi) is 14.0. The molecule has 3 rings (SSSR count). The maximum absolute atomic E-state index is 13.4. The molecule has 2 aromatic carbocycles. The Balaban J connectivity index is 1.65. The molecule has 1 saturated heterocycles. The molecular weight excluding hydrogens is 532 g/mol. The zero-order valence-corrected chi connectivity index (χ0v) is 24.4. The molecule has 0 bridgehead atoms. The van der Waals surface area contributed by atoms with Gasteiger partial charge in [0.1, 0.15) is 6.61 Å². The minimum Gasteiger partial charge on any atom is -0.463 e. The molecule has 2 aromatic rings. The standard InChI is InChI=1S/C34H44N2O6/c1-3-12-28(21-32(38)36-19-11-18-31(36)22-37)33(39)35-30(24-41-23-27-16-9-6-10-17-27)25-42-34(40)29(13-4-2)20-26-14-7-5-8-15-26/h3-10,14-17,28-31,37H,1-2,11-13,18-25H2,(H,35,39). The lowest BCUT2D eigenvalue weighted by molar-refractivity contribution is -0.150. The average molecular weight is 577 g/mol. The Hall–Kier alpha value is -3.75. The van der Waals surface area contributed by atoms with Crippen LogP contribution >= 0.6 is 0 Å². The molecule has 1 aliphatic rings. The lowest BCUT2D eigenvalue weighted by atomic mass is 9.96. The molecule has 8 nitrogen and oxygen atoms in total. The number of aliphatic hydroxyl groups excluding tert-OH is 1. The van der Waals surface area contributed by atoms with Gasteiger partial charge in [-0.25, -0.2) is 0 Å². The molecule has 1 fully saturated rings. The van der Waals surface area contributed by atoms with E-state index in [9.17, 15) is 19.5 Å². The third kappa shape index (κ3) is 10.6. The van der Waals surface area contributed by atoms with Gasteiger partial charge in [0.2, 0.25) is 11.8 Å². The van der Waals surface area contributed by atoms with E-state index < -0.39 is 17.9 Å².